The van der Waals surface area contributed by atoms with Crippen LogP contribution in [-0.2, 0) is 4.74 Å². The molecule has 20 heavy (non-hydrogen) atoms. The molecule has 5 heteroatoms. The van der Waals surface area contributed by atoms with E-state index in [0.717, 1.165) is 5.57 Å². The third-order valence-corrected chi connectivity index (χ3v) is 3.59. The van der Waals surface area contributed by atoms with Crippen LogP contribution in [0.2, 0.25) is 0 Å². The first-order valence-electron chi connectivity index (χ1n) is 6.49. The van der Waals surface area contributed by atoms with Crippen LogP contribution in [0.25, 0.3) is 5.70 Å². The predicted octanol–water partition coefficient (Wildman–Crippen LogP) is 3.45. The SMILES string of the molecule is CCN1C(c2c(F)cc(F)cc2F)=C(C)C=CC2OC21. The van der Waals surface area contributed by atoms with E-state index in [1.165, 1.54) is 0 Å². The smallest absolute Gasteiger partial charge is 0.161 e. The van der Waals surface area contributed by atoms with Crippen molar-refractivity contribution in [2.24, 2.45) is 0 Å². The summed E-state index contributed by atoms with van der Waals surface area (Å²) in [5.74, 6) is -2.72. The topological polar surface area (TPSA) is 15.8 Å². The Balaban J connectivity index is 2.17. The molecule has 2 heterocycles. The Morgan fingerprint density at radius 2 is 1.85 bits per heavy atom. The molecule has 2 unspecified atom stereocenters. The summed E-state index contributed by atoms with van der Waals surface area (Å²) in [6, 6.07) is 1.40. The molecule has 2 aliphatic rings. The fourth-order valence-corrected chi connectivity index (χ4v) is 2.63. The Hall–Kier alpha value is -1.75. The second-order valence-corrected chi connectivity index (χ2v) is 4.91. The Morgan fingerprint density at radius 3 is 2.45 bits per heavy atom. The van der Waals surface area contributed by atoms with E-state index < -0.39 is 17.5 Å². The van der Waals surface area contributed by atoms with Crippen LogP contribution in [0.1, 0.15) is 19.4 Å². The van der Waals surface area contributed by atoms with Gasteiger partial charge in [0, 0.05) is 18.7 Å². The number of epoxide rings is 1. The maximum Gasteiger partial charge on any atom is 0.161 e. The third-order valence-electron chi connectivity index (χ3n) is 3.59. The normalized spacial score (nSPS) is 24.8. The first kappa shape index (κ1) is 13.2. The van der Waals surface area contributed by atoms with Gasteiger partial charge in [-0.05, 0) is 19.4 Å². The van der Waals surface area contributed by atoms with Crippen LogP contribution < -0.4 is 0 Å². The monoisotopic (exact) mass is 281 g/mol. The summed E-state index contributed by atoms with van der Waals surface area (Å²) in [4.78, 5) is 1.80. The standard InChI is InChI=1S/C15H14F3NO/c1-3-19-14(8(2)4-5-12-15(19)20-12)13-10(17)6-9(16)7-11(13)18/h4-7,12,15H,3H2,1-2H3. The third kappa shape index (κ3) is 2.02. The number of hydrogen-bond acceptors (Lipinski definition) is 2. The minimum absolute atomic E-state index is 0.0472. The quantitative estimate of drug-likeness (QED) is 0.772. The molecule has 1 aromatic rings. The molecule has 2 nitrogen and oxygen atoms in total. The molecule has 2 aliphatic heterocycles. The van der Waals surface area contributed by atoms with Gasteiger partial charge in [0.25, 0.3) is 0 Å². The summed E-state index contributed by atoms with van der Waals surface area (Å²) < 4.78 is 46.6. The molecule has 1 saturated heterocycles. The van der Waals surface area contributed by atoms with Gasteiger partial charge in [-0.2, -0.15) is 0 Å². The number of rotatable bonds is 2. The number of halogens is 3. The maximum atomic E-state index is 14.0. The van der Waals surface area contributed by atoms with Crippen molar-refractivity contribution in [3.63, 3.8) is 0 Å². The number of hydrogen-bond donors (Lipinski definition) is 0. The van der Waals surface area contributed by atoms with Crippen molar-refractivity contribution < 1.29 is 17.9 Å². The lowest BCUT2D eigenvalue weighted by molar-refractivity contribution is 0.253. The zero-order chi connectivity index (χ0) is 14.4. The van der Waals surface area contributed by atoms with Gasteiger partial charge in [0.15, 0.2) is 6.23 Å². The van der Waals surface area contributed by atoms with E-state index in [4.69, 9.17) is 4.74 Å². The Bertz CT molecular complexity index is 601. The Morgan fingerprint density at radius 1 is 1.20 bits per heavy atom. The highest BCUT2D eigenvalue weighted by Crippen LogP contribution is 2.39. The van der Waals surface area contributed by atoms with E-state index in [2.05, 4.69) is 0 Å². The van der Waals surface area contributed by atoms with Crippen molar-refractivity contribution in [1.29, 1.82) is 0 Å². The molecule has 0 aromatic heterocycles. The molecule has 0 aliphatic carbocycles. The van der Waals surface area contributed by atoms with Gasteiger partial charge in [-0.3, -0.25) is 0 Å². The molecule has 0 saturated carbocycles. The average Bonchev–Trinajstić information content (AvgIpc) is 3.13. The van der Waals surface area contributed by atoms with Crippen molar-refractivity contribution >= 4 is 5.70 Å². The van der Waals surface area contributed by atoms with Crippen molar-refractivity contribution in [3.8, 4) is 0 Å². The molecule has 1 aromatic carbocycles. The predicted molar refractivity (Wildman–Crippen MR) is 69.1 cm³/mol. The second kappa shape index (κ2) is 4.66. The highest BCUT2D eigenvalue weighted by molar-refractivity contribution is 5.71. The van der Waals surface area contributed by atoms with Crippen molar-refractivity contribution in [1.82, 2.24) is 4.90 Å². The summed E-state index contributed by atoms with van der Waals surface area (Å²) in [7, 11) is 0. The van der Waals surface area contributed by atoms with E-state index >= 15 is 0 Å². The van der Waals surface area contributed by atoms with Gasteiger partial charge in [-0.1, -0.05) is 12.2 Å². The minimum atomic E-state index is -0.922. The van der Waals surface area contributed by atoms with Crippen LogP contribution in [-0.4, -0.2) is 23.8 Å². The van der Waals surface area contributed by atoms with E-state index in [0.29, 0.717) is 24.4 Å². The first-order valence-corrected chi connectivity index (χ1v) is 6.49. The molecule has 0 N–H and O–H groups in total. The molecule has 2 atom stereocenters. The summed E-state index contributed by atoms with van der Waals surface area (Å²) in [5, 5.41) is 0. The van der Waals surface area contributed by atoms with Crippen LogP contribution in [0.5, 0.6) is 0 Å². The molecule has 1 fully saturated rings. The van der Waals surface area contributed by atoms with E-state index in [-0.39, 0.29) is 17.9 Å². The minimum Gasteiger partial charge on any atom is -0.343 e. The number of allylic oxidation sites excluding steroid dienone is 2. The van der Waals surface area contributed by atoms with Crippen molar-refractivity contribution in [2.45, 2.75) is 26.2 Å². The summed E-state index contributed by atoms with van der Waals surface area (Å²) >= 11 is 0. The van der Waals surface area contributed by atoms with Crippen LogP contribution >= 0.6 is 0 Å². The number of nitrogens with zero attached hydrogens (tertiary/aromatic N) is 1. The van der Waals surface area contributed by atoms with Crippen LogP contribution in [0.3, 0.4) is 0 Å². The van der Waals surface area contributed by atoms with Crippen molar-refractivity contribution in [2.75, 3.05) is 6.54 Å². The van der Waals surface area contributed by atoms with Gasteiger partial charge in [-0.25, -0.2) is 13.2 Å². The Kier molecular flexibility index (Phi) is 3.09. The first-order chi connectivity index (χ1) is 9.52. The fraction of sp³-hybridized carbons (Fsp3) is 0.333. The number of likely N-dealkylation sites (N-methyl/N-ethyl adjacent to an activating group) is 1. The second-order valence-electron chi connectivity index (χ2n) is 4.91. The highest BCUT2D eigenvalue weighted by atomic mass is 19.1. The fourth-order valence-electron chi connectivity index (χ4n) is 2.63. The summed E-state index contributed by atoms with van der Waals surface area (Å²) in [6.07, 6.45) is 3.41. The largest absolute Gasteiger partial charge is 0.343 e. The summed E-state index contributed by atoms with van der Waals surface area (Å²) in [6.45, 7) is 4.21. The Labute approximate surface area is 115 Å². The maximum absolute atomic E-state index is 14.0. The van der Waals surface area contributed by atoms with Gasteiger partial charge >= 0.3 is 0 Å². The van der Waals surface area contributed by atoms with Crippen molar-refractivity contribution in [3.05, 3.63) is 52.9 Å². The number of fused-ring (bicyclic) bond motifs is 1. The lowest BCUT2D eigenvalue weighted by Crippen LogP contribution is -2.27. The molecule has 0 amide bonds. The molecule has 3 rings (SSSR count). The van der Waals surface area contributed by atoms with E-state index in [1.54, 1.807) is 17.9 Å². The lowest BCUT2D eigenvalue weighted by Gasteiger charge is -2.26. The zero-order valence-electron chi connectivity index (χ0n) is 11.2. The summed E-state index contributed by atoms with van der Waals surface area (Å²) in [5.41, 5.74) is 0.947. The van der Waals surface area contributed by atoms with Gasteiger partial charge in [-0.15, -0.1) is 0 Å². The molecular formula is C15H14F3NO. The molecule has 0 radical (unpaired) electrons. The molecule has 0 bridgehead atoms. The van der Waals surface area contributed by atoms with E-state index in [1.807, 2.05) is 13.0 Å². The number of benzene rings is 1. The van der Waals surface area contributed by atoms with Gasteiger partial charge < -0.3 is 9.64 Å². The van der Waals surface area contributed by atoms with Gasteiger partial charge in [0.2, 0.25) is 0 Å². The average molecular weight is 281 g/mol. The molecule has 0 spiro atoms. The highest BCUT2D eigenvalue weighted by Gasteiger charge is 2.44. The molecule has 106 valence electrons. The van der Waals surface area contributed by atoms with Gasteiger partial charge in [0.05, 0.1) is 11.3 Å². The molecular weight excluding hydrogens is 267 g/mol. The van der Waals surface area contributed by atoms with E-state index in [9.17, 15) is 13.2 Å². The number of ether oxygens (including phenoxy) is 1. The van der Waals surface area contributed by atoms with Gasteiger partial charge in [0.1, 0.15) is 23.6 Å². The van der Waals surface area contributed by atoms with Crippen LogP contribution in [0.15, 0.2) is 29.9 Å². The zero-order valence-corrected chi connectivity index (χ0v) is 11.2. The van der Waals surface area contributed by atoms with Crippen LogP contribution in [0.4, 0.5) is 13.2 Å². The lowest BCUT2D eigenvalue weighted by atomic mass is 10.0. The van der Waals surface area contributed by atoms with Crippen LogP contribution in [0, 0.1) is 17.5 Å².